The van der Waals surface area contributed by atoms with Crippen molar-refractivity contribution in [1.82, 2.24) is 0 Å². The molecular formula is C13H9Cl2Hf. The van der Waals surface area contributed by atoms with E-state index in [1.165, 1.54) is 22.3 Å². The summed E-state index contributed by atoms with van der Waals surface area (Å²) in [5.74, 6) is 0. The van der Waals surface area contributed by atoms with E-state index < -0.39 is 19.1 Å². The Morgan fingerprint density at radius 2 is 1.19 bits per heavy atom. The van der Waals surface area contributed by atoms with Gasteiger partial charge in [0, 0.05) is 0 Å². The molecular weight excluding hydrogens is 406 g/mol. The Bertz CT molecular complexity index is 491. The summed E-state index contributed by atoms with van der Waals surface area (Å²) in [6.45, 7) is 0. The fourth-order valence-corrected chi connectivity index (χ4v) is 9.74. The molecule has 0 spiro atoms. The molecule has 0 nitrogen and oxygen atoms in total. The summed E-state index contributed by atoms with van der Waals surface area (Å²) in [5.41, 5.74) is 5.28. The van der Waals surface area contributed by atoms with Gasteiger partial charge in [0.15, 0.2) is 0 Å². The minimum atomic E-state index is -2.47. The van der Waals surface area contributed by atoms with E-state index in [1.807, 2.05) is 0 Å². The van der Waals surface area contributed by atoms with Crippen molar-refractivity contribution < 1.29 is 19.1 Å². The number of hydrogen-bond donors (Lipinski definition) is 0. The van der Waals surface area contributed by atoms with Gasteiger partial charge in [-0.15, -0.1) is 0 Å². The van der Waals surface area contributed by atoms with Crippen LogP contribution < -0.4 is 0 Å². The number of fused-ring (bicyclic) bond motifs is 3. The third kappa shape index (κ3) is 1.61. The third-order valence-corrected chi connectivity index (χ3v) is 10.4. The van der Waals surface area contributed by atoms with Gasteiger partial charge in [-0.25, -0.2) is 0 Å². The molecule has 79 valence electrons. The van der Waals surface area contributed by atoms with E-state index in [0.29, 0.717) is 3.67 Å². The van der Waals surface area contributed by atoms with E-state index in [0.717, 1.165) is 0 Å². The van der Waals surface area contributed by atoms with Crippen LogP contribution in [0.3, 0.4) is 0 Å². The summed E-state index contributed by atoms with van der Waals surface area (Å²) < 4.78 is 0.320. The Hall–Kier alpha value is -0.110. The first-order valence-corrected chi connectivity index (χ1v) is 16.1. The average molecular weight is 415 g/mol. The van der Waals surface area contributed by atoms with Crippen LogP contribution in [0, 0.1) is 0 Å². The number of benzene rings is 2. The molecule has 2 aromatic carbocycles. The molecule has 16 heavy (non-hydrogen) atoms. The topological polar surface area (TPSA) is 0 Å². The van der Waals surface area contributed by atoms with Crippen molar-refractivity contribution in [3.05, 3.63) is 59.7 Å². The van der Waals surface area contributed by atoms with Crippen LogP contribution in [0.25, 0.3) is 11.1 Å². The SMILES string of the molecule is [Cl][Hf]([Cl])[CH]1c2ccccc2-c2ccccc21. The Morgan fingerprint density at radius 1 is 0.750 bits per heavy atom. The molecule has 0 heterocycles. The Morgan fingerprint density at radius 3 is 1.62 bits per heavy atom. The zero-order chi connectivity index (χ0) is 11.1. The van der Waals surface area contributed by atoms with Gasteiger partial charge in [0.05, 0.1) is 0 Å². The van der Waals surface area contributed by atoms with E-state index in [9.17, 15) is 0 Å². The summed E-state index contributed by atoms with van der Waals surface area (Å²) in [6, 6.07) is 16.9. The van der Waals surface area contributed by atoms with Gasteiger partial charge in [0.2, 0.25) is 0 Å². The van der Waals surface area contributed by atoms with Crippen molar-refractivity contribution in [3.63, 3.8) is 0 Å². The quantitative estimate of drug-likeness (QED) is 0.594. The van der Waals surface area contributed by atoms with Crippen LogP contribution in [0.5, 0.6) is 0 Å². The van der Waals surface area contributed by atoms with E-state index >= 15 is 0 Å². The maximum atomic E-state index is 6.32. The zero-order valence-electron chi connectivity index (χ0n) is 8.45. The van der Waals surface area contributed by atoms with Crippen molar-refractivity contribution in [2.24, 2.45) is 0 Å². The van der Waals surface area contributed by atoms with Crippen LogP contribution >= 0.6 is 17.2 Å². The Labute approximate surface area is 110 Å². The van der Waals surface area contributed by atoms with Gasteiger partial charge in [0.1, 0.15) is 0 Å². The first-order chi connectivity index (χ1) is 7.79. The van der Waals surface area contributed by atoms with Crippen LogP contribution in [0.4, 0.5) is 0 Å². The Balaban J connectivity index is 2.30. The summed E-state index contributed by atoms with van der Waals surface area (Å²) in [7, 11) is 12.6. The predicted octanol–water partition coefficient (Wildman–Crippen LogP) is 4.68. The average Bonchev–Trinajstić information content (AvgIpc) is 2.63. The van der Waals surface area contributed by atoms with Gasteiger partial charge in [0.25, 0.3) is 0 Å². The molecule has 0 N–H and O–H groups in total. The van der Waals surface area contributed by atoms with E-state index in [4.69, 9.17) is 17.2 Å². The van der Waals surface area contributed by atoms with Crippen molar-refractivity contribution in [2.45, 2.75) is 3.67 Å². The van der Waals surface area contributed by atoms with Crippen molar-refractivity contribution in [1.29, 1.82) is 0 Å². The molecule has 3 heteroatoms. The first-order valence-electron chi connectivity index (χ1n) is 5.15. The number of halogens is 2. The molecule has 1 aliphatic rings. The summed E-state index contributed by atoms with van der Waals surface area (Å²) in [5, 5.41) is 0. The molecule has 0 bridgehead atoms. The van der Waals surface area contributed by atoms with Gasteiger partial charge in [-0.3, -0.25) is 0 Å². The van der Waals surface area contributed by atoms with Crippen molar-refractivity contribution in [3.8, 4) is 11.1 Å². The first kappa shape index (κ1) is 11.0. The molecule has 0 aromatic heterocycles. The molecule has 0 atom stereocenters. The predicted molar refractivity (Wildman–Crippen MR) is 65.4 cm³/mol. The fourth-order valence-electron chi connectivity index (χ4n) is 2.39. The summed E-state index contributed by atoms with van der Waals surface area (Å²) in [4.78, 5) is 0. The molecule has 0 unspecified atom stereocenters. The minimum absolute atomic E-state index is 0.320. The Kier molecular flexibility index (Phi) is 2.95. The molecule has 0 saturated heterocycles. The van der Waals surface area contributed by atoms with Crippen LogP contribution in [0.15, 0.2) is 48.5 Å². The maximum absolute atomic E-state index is 6.32. The monoisotopic (exact) mass is 415 g/mol. The third-order valence-electron chi connectivity index (χ3n) is 3.05. The summed E-state index contributed by atoms with van der Waals surface area (Å²) >= 11 is -2.47. The second-order valence-electron chi connectivity index (χ2n) is 3.90. The van der Waals surface area contributed by atoms with E-state index in [1.54, 1.807) is 0 Å². The van der Waals surface area contributed by atoms with E-state index in [-0.39, 0.29) is 0 Å². The molecule has 0 amide bonds. The fraction of sp³-hybridized carbons (Fsp3) is 0.0769. The van der Waals surface area contributed by atoms with Gasteiger partial charge < -0.3 is 0 Å². The molecule has 1 aliphatic carbocycles. The second kappa shape index (κ2) is 4.29. The summed E-state index contributed by atoms with van der Waals surface area (Å²) in [6.07, 6.45) is 0. The normalized spacial score (nSPS) is 13.4. The second-order valence-corrected chi connectivity index (χ2v) is 16.3. The van der Waals surface area contributed by atoms with E-state index in [2.05, 4.69) is 48.5 Å². The van der Waals surface area contributed by atoms with Crippen LogP contribution in [-0.2, 0) is 19.1 Å². The zero-order valence-corrected chi connectivity index (χ0v) is 13.6. The molecule has 0 fully saturated rings. The van der Waals surface area contributed by atoms with Crippen LogP contribution in [-0.4, -0.2) is 0 Å². The van der Waals surface area contributed by atoms with Gasteiger partial charge in [-0.05, 0) is 0 Å². The molecule has 0 saturated carbocycles. The standard InChI is InChI=1S/C13H9.2ClH.Hf/c1-3-7-12-10(5-1)9-11-6-2-4-8-13(11)12;;;/h1-9H;2*1H;/q;;;+2/p-2. The van der Waals surface area contributed by atoms with Crippen LogP contribution in [0.1, 0.15) is 14.8 Å². The van der Waals surface area contributed by atoms with Gasteiger partial charge in [-0.1, -0.05) is 0 Å². The molecule has 3 rings (SSSR count). The van der Waals surface area contributed by atoms with Crippen molar-refractivity contribution in [2.75, 3.05) is 0 Å². The molecule has 2 aromatic rings. The number of rotatable bonds is 1. The number of hydrogen-bond acceptors (Lipinski definition) is 0. The molecule has 0 aliphatic heterocycles. The van der Waals surface area contributed by atoms with Gasteiger partial charge >= 0.3 is 111 Å². The van der Waals surface area contributed by atoms with Gasteiger partial charge in [-0.2, -0.15) is 0 Å². The van der Waals surface area contributed by atoms with Crippen LogP contribution in [0.2, 0.25) is 0 Å². The van der Waals surface area contributed by atoms with Crippen molar-refractivity contribution >= 4 is 17.2 Å². The molecule has 0 radical (unpaired) electrons.